The number of nitro groups is 1. The van der Waals surface area contributed by atoms with Crippen LogP contribution in [0.3, 0.4) is 0 Å². The van der Waals surface area contributed by atoms with E-state index in [2.05, 4.69) is 5.32 Å². The fraction of sp³-hybridized carbons (Fsp3) is 0.500. The van der Waals surface area contributed by atoms with Crippen LogP contribution in [0.4, 0.5) is 5.69 Å². The summed E-state index contributed by atoms with van der Waals surface area (Å²) in [6.07, 6.45) is 1.83. The number of nitrogens with zero attached hydrogens (tertiary/aromatic N) is 1. The molecule has 0 aromatic heterocycles. The molecule has 0 saturated heterocycles. The Bertz CT molecular complexity index is 519. The first kappa shape index (κ1) is 17.7. The molecule has 1 aromatic rings. The highest BCUT2D eigenvalue weighted by molar-refractivity contribution is 6.31. The molecule has 1 aromatic carbocycles. The molecule has 0 heterocycles. The Labute approximate surface area is 133 Å². The molecule has 1 N–H and O–H groups in total. The molecule has 0 aliphatic carbocycles. The van der Waals surface area contributed by atoms with E-state index in [1.807, 2.05) is 13.8 Å². The summed E-state index contributed by atoms with van der Waals surface area (Å²) >= 11 is 12.0. The van der Waals surface area contributed by atoms with Crippen LogP contribution in [0.2, 0.25) is 5.02 Å². The Balaban J connectivity index is 2.80. The normalized spacial score (nSPS) is 12.2. The number of nitro benzene ring substituents is 1. The van der Waals surface area contributed by atoms with Crippen LogP contribution in [0.15, 0.2) is 18.2 Å². The fourth-order valence-electron chi connectivity index (χ4n) is 2.10. The maximum Gasteiger partial charge on any atom is 0.282 e. The summed E-state index contributed by atoms with van der Waals surface area (Å²) < 4.78 is 0. The summed E-state index contributed by atoms with van der Waals surface area (Å²) in [4.78, 5) is 22.4. The van der Waals surface area contributed by atoms with Crippen LogP contribution in [0.25, 0.3) is 0 Å². The highest BCUT2D eigenvalue weighted by Gasteiger charge is 2.22. The van der Waals surface area contributed by atoms with Crippen molar-refractivity contribution >= 4 is 34.8 Å². The molecular weight excluding hydrogens is 315 g/mol. The van der Waals surface area contributed by atoms with E-state index in [4.69, 9.17) is 23.2 Å². The zero-order valence-electron chi connectivity index (χ0n) is 11.9. The van der Waals surface area contributed by atoms with E-state index < -0.39 is 10.8 Å². The van der Waals surface area contributed by atoms with E-state index in [1.54, 1.807) is 0 Å². The summed E-state index contributed by atoms with van der Waals surface area (Å²) in [6.45, 7) is 4.33. The average Bonchev–Trinajstić information content (AvgIpc) is 2.45. The molecule has 0 aliphatic heterocycles. The van der Waals surface area contributed by atoms with Crippen molar-refractivity contribution in [1.29, 1.82) is 0 Å². The quantitative estimate of drug-likeness (QED) is 0.465. The minimum Gasteiger partial charge on any atom is -0.350 e. The maximum absolute atomic E-state index is 12.1. The predicted molar refractivity (Wildman–Crippen MR) is 84.2 cm³/mol. The Morgan fingerprint density at radius 2 is 2.00 bits per heavy atom. The van der Waals surface area contributed by atoms with Gasteiger partial charge in [0.1, 0.15) is 5.56 Å². The minimum absolute atomic E-state index is 0.0547. The second kappa shape index (κ2) is 8.20. The lowest BCUT2D eigenvalue weighted by Gasteiger charge is -2.19. The van der Waals surface area contributed by atoms with Gasteiger partial charge in [-0.1, -0.05) is 38.3 Å². The van der Waals surface area contributed by atoms with Crippen molar-refractivity contribution in [2.45, 2.75) is 32.1 Å². The zero-order valence-corrected chi connectivity index (χ0v) is 13.4. The Hall–Kier alpha value is -1.33. The van der Waals surface area contributed by atoms with Gasteiger partial charge in [-0.3, -0.25) is 14.9 Å². The fourth-order valence-corrected chi connectivity index (χ4v) is 2.71. The van der Waals surface area contributed by atoms with E-state index in [-0.39, 0.29) is 28.2 Å². The van der Waals surface area contributed by atoms with Crippen LogP contribution < -0.4 is 5.32 Å². The van der Waals surface area contributed by atoms with Crippen LogP contribution in [-0.2, 0) is 0 Å². The highest BCUT2D eigenvalue weighted by Crippen LogP contribution is 2.23. The first-order valence-corrected chi connectivity index (χ1v) is 7.58. The van der Waals surface area contributed by atoms with Gasteiger partial charge in [-0.25, -0.2) is 0 Å². The van der Waals surface area contributed by atoms with Gasteiger partial charge in [0, 0.05) is 17.6 Å². The van der Waals surface area contributed by atoms with Gasteiger partial charge < -0.3 is 5.32 Å². The molecule has 0 spiro atoms. The third-order valence-electron chi connectivity index (χ3n) is 3.42. The number of rotatable bonds is 7. The average molecular weight is 333 g/mol. The summed E-state index contributed by atoms with van der Waals surface area (Å²) in [5.41, 5.74) is -0.327. The van der Waals surface area contributed by atoms with E-state index in [9.17, 15) is 14.9 Å². The number of hydrogen-bond acceptors (Lipinski definition) is 3. The number of benzene rings is 1. The van der Waals surface area contributed by atoms with E-state index in [0.717, 1.165) is 12.8 Å². The number of halogens is 2. The second-order valence-corrected chi connectivity index (χ2v) is 5.72. The molecule has 1 atom stereocenters. The zero-order chi connectivity index (χ0) is 16.0. The molecule has 116 valence electrons. The van der Waals surface area contributed by atoms with Gasteiger partial charge in [0.05, 0.1) is 10.3 Å². The minimum atomic E-state index is -0.607. The smallest absolute Gasteiger partial charge is 0.282 e. The third-order valence-corrected chi connectivity index (χ3v) is 4.16. The van der Waals surface area contributed by atoms with E-state index in [1.165, 1.54) is 18.2 Å². The lowest BCUT2D eigenvalue weighted by atomic mass is 9.99. The van der Waals surface area contributed by atoms with Gasteiger partial charge in [-0.05, 0) is 18.1 Å². The maximum atomic E-state index is 12.1. The summed E-state index contributed by atoms with van der Waals surface area (Å²) in [5.74, 6) is -0.248. The summed E-state index contributed by atoms with van der Waals surface area (Å²) in [7, 11) is 0. The summed E-state index contributed by atoms with van der Waals surface area (Å²) in [6, 6.07) is 3.89. The molecule has 0 aliphatic rings. The number of alkyl halides is 1. The van der Waals surface area contributed by atoms with Gasteiger partial charge in [-0.15, -0.1) is 11.6 Å². The van der Waals surface area contributed by atoms with Crippen molar-refractivity contribution in [3.63, 3.8) is 0 Å². The standard InChI is InChI=1S/C14H18Cl2N2O3/c1-3-9(4-2)12(16)8-17-14(19)11-7-10(15)5-6-13(11)18(20)21/h5-7,9,12H,3-4,8H2,1-2H3,(H,17,19). The molecular formula is C14H18Cl2N2O3. The van der Waals surface area contributed by atoms with Crippen LogP contribution in [0, 0.1) is 16.0 Å². The van der Waals surface area contributed by atoms with Crippen molar-refractivity contribution < 1.29 is 9.72 Å². The highest BCUT2D eigenvalue weighted by atomic mass is 35.5. The SMILES string of the molecule is CCC(CC)C(Cl)CNC(=O)c1cc(Cl)ccc1[N+](=O)[O-]. The van der Waals surface area contributed by atoms with Crippen molar-refractivity contribution in [3.05, 3.63) is 38.9 Å². The largest absolute Gasteiger partial charge is 0.350 e. The van der Waals surface area contributed by atoms with Gasteiger partial charge in [0.25, 0.3) is 11.6 Å². The van der Waals surface area contributed by atoms with Gasteiger partial charge in [0.2, 0.25) is 0 Å². The lowest BCUT2D eigenvalue weighted by molar-refractivity contribution is -0.385. The first-order chi connectivity index (χ1) is 9.90. The van der Waals surface area contributed by atoms with Crippen LogP contribution in [-0.4, -0.2) is 22.8 Å². The molecule has 5 nitrogen and oxygen atoms in total. The molecule has 21 heavy (non-hydrogen) atoms. The Kier molecular flexibility index (Phi) is 6.92. The van der Waals surface area contributed by atoms with Gasteiger partial charge >= 0.3 is 0 Å². The van der Waals surface area contributed by atoms with Gasteiger partial charge in [-0.2, -0.15) is 0 Å². The molecule has 0 radical (unpaired) electrons. The van der Waals surface area contributed by atoms with E-state index in [0.29, 0.717) is 5.92 Å². The number of carbonyl (C=O) groups excluding carboxylic acids is 1. The number of nitrogens with one attached hydrogen (secondary N) is 1. The molecule has 1 unspecified atom stereocenters. The third kappa shape index (κ3) is 4.86. The number of amides is 1. The Morgan fingerprint density at radius 3 is 2.52 bits per heavy atom. The van der Waals surface area contributed by atoms with Crippen LogP contribution >= 0.6 is 23.2 Å². The predicted octanol–water partition coefficient (Wildman–Crippen LogP) is 4.02. The van der Waals surface area contributed by atoms with Crippen molar-refractivity contribution in [2.75, 3.05) is 6.54 Å². The molecule has 1 amide bonds. The topological polar surface area (TPSA) is 72.2 Å². The van der Waals surface area contributed by atoms with Crippen LogP contribution in [0.5, 0.6) is 0 Å². The molecule has 0 saturated carbocycles. The second-order valence-electron chi connectivity index (χ2n) is 4.72. The lowest BCUT2D eigenvalue weighted by Crippen LogP contribution is -2.33. The number of hydrogen-bond donors (Lipinski definition) is 1. The first-order valence-electron chi connectivity index (χ1n) is 6.76. The van der Waals surface area contributed by atoms with E-state index >= 15 is 0 Å². The monoisotopic (exact) mass is 332 g/mol. The Morgan fingerprint density at radius 1 is 1.38 bits per heavy atom. The molecule has 0 bridgehead atoms. The van der Waals surface area contributed by atoms with Gasteiger partial charge in [0.15, 0.2) is 0 Å². The van der Waals surface area contributed by atoms with Crippen LogP contribution in [0.1, 0.15) is 37.0 Å². The molecule has 0 fully saturated rings. The molecule has 7 heteroatoms. The summed E-state index contributed by atoms with van der Waals surface area (Å²) in [5, 5.41) is 13.6. The molecule has 1 rings (SSSR count). The van der Waals surface area contributed by atoms with Crippen molar-refractivity contribution in [3.8, 4) is 0 Å². The van der Waals surface area contributed by atoms with Crippen molar-refractivity contribution in [2.24, 2.45) is 5.92 Å². The van der Waals surface area contributed by atoms with Crippen molar-refractivity contribution in [1.82, 2.24) is 5.32 Å². The number of carbonyl (C=O) groups is 1.